The molecular weight excluding hydrogens is 228 g/mol. The summed E-state index contributed by atoms with van der Waals surface area (Å²) in [4.78, 5) is 11.9. The fourth-order valence-corrected chi connectivity index (χ4v) is 1.97. The molecular formula is C14H28N2O2. The number of nitrogens with one attached hydrogen (secondary N) is 2. The number of hydrogen-bond acceptors (Lipinski definition) is 3. The molecule has 0 saturated carbocycles. The van der Waals surface area contributed by atoms with E-state index in [1.54, 1.807) is 0 Å². The van der Waals surface area contributed by atoms with Crippen LogP contribution in [0.2, 0.25) is 0 Å². The quantitative estimate of drug-likeness (QED) is 0.729. The molecule has 0 aromatic rings. The molecule has 4 heteroatoms. The number of ether oxygens (including phenoxy) is 1. The van der Waals surface area contributed by atoms with Gasteiger partial charge < -0.3 is 15.4 Å². The maximum Gasteiger partial charge on any atom is 0.249 e. The van der Waals surface area contributed by atoms with Crippen molar-refractivity contribution >= 4 is 5.91 Å². The van der Waals surface area contributed by atoms with Crippen LogP contribution in [0.25, 0.3) is 0 Å². The Morgan fingerprint density at radius 2 is 2.28 bits per heavy atom. The van der Waals surface area contributed by atoms with E-state index in [0.29, 0.717) is 12.5 Å². The van der Waals surface area contributed by atoms with E-state index in [9.17, 15) is 4.79 Å². The molecule has 1 amide bonds. The summed E-state index contributed by atoms with van der Waals surface area (Å²) in [7, 11) is 0. The molecule has 0 radical (unpaired) electrons. The van der Waals surface area contributed by atoms with Gasteiger partial charge in [-0.05, 0) is 59.0 Å². The van der Waals surface area contributed by atoms with Crippen molar-refractivity contribution in [3.05, 3.63) is 0 Å². The summed E-state index contributed by atoms with van der Waals surface area (Å²) in [6, 6.07) is 0. The molecule has 4 nitrogen and oxygen atoms in total. The summed E-state index contributed by atoms with van der Waals surface area (Å²) < 4.78 is 5.62. The Labute approximate surface area is 111 Å². The minimum absolute atomic E-state index is 0.00797. The predicted octanol–water partition coefficient (Wildman–Crippen LogP) is 1.70. The van der Waals surface area contributed by atoms with Crippen LogP contribution in [-0.4, -0.2) is 37.2 Å². The molecule has 1 fully saturated rings. The maximum atomic E-state index is 11.9. The van der Waals surface area contributed by atoms with Crippen LogP contribution in [0.5, 0.6) is 0 Å². The SMILES string of the molecule is CCC(C)(C)NC(=O)C(C)OCCC1CCNC1. The van der Waals surface area contributed by atoms with Gasteiger partial charge in [-0.3, -0.25) is 4.79 Å². The number of carbonyl (C=O) groups excluding carboxylic acids is 1. The summed E-state index contributed by atoms with van der Waals surface area (Å²) in [6.07, 6.45) is 2.83. The Morgan fingerprint density at radius 3 is 2.83 bits per heavy atom. The van der Waals surface area contributed by atoms with E-state index >= 15 is 0 Å². The van der Waals surface area contributed by atoms with Crippen molar-refractivity contribution in [2.45, 2.75) is 58.6 Å². The van der Waals surface area contributed by atoms with Crippen molar-refractivity contribution in [3.63, 3.8) is 0 Å². The Morgan fingerprint density at radius 1 is 1.56 bits per heavy atom. The second-order valence-corrected chi connectivity index (χ2v) is 5.89. The van der Waals surface area contributed by atoms with Gasteiger partial charge in [-0.15, -0.1) is 0 Å². The van der Waals surface area contributed by atoms with Gasteiger partial charge in [0.15, 0.2) is 0 Å². The molecule has 2 N–H and O–H groups in total. The Bertz CT molecular complexity index is 261. The average Bonchev–Trinajstić information content (AvgIpc) is 2.81. The van der Waals surface area contributed by atoms with Crippen LogP contribution < -0.4 is 10.6 Å². The predicted molar refractivity (Wildman–Crippen MR) is 73.5 cm³/mol. The van der Waals surface area contributed by atoms with Crippen molar-refractivity contribution in [2.75, 3.05) is 19.7 Å². The Kier molecular flexibility index (Phi) is 6.09. The largest absolute Gasteiger partial charge is 0.369 e. The number of amides is 1. The number of carbonyl (C=O) groups is 1. The fourth-order valence-electron chi connectivity index (χ4n) is 1.97. The van der Waals surface area contributed by atoms with E-state index in [2.05, 4.69) is 17.6 Å². The summed E-state index contributed by atoms with van der Waals surface area (Å²) in [5.74, 6) is 0.707. The van der Waals surface area contributed by atoms with Crippen molar-refractivity contribution in [1.82, 2.24) is 10.6 Å². The first-order valence-electron chi connectivity index (χ1n) is 7.09. The summed E-state index contributed by atoms with van der Waals surface area (Å²) in [5, 5.41) is 6.34. The lowest BCUT2D eigenvalue weighted by Crippen LogP contribution is -2.47. The molecule has 106 valence electrons. The zero-order valence-corrected chi connectivity index (χ0v) is 12.2. The van der Waals surface area contributed by atoms with Gasteiger partial charge in [0.05, 0.1) is 0 Å². The molecule has 1 aliphatic heterocycles. The lowest BCUT2D eigenvalue weighted by Gasteiger charge is -2.26. The lowest BCUT2D eigenvalue weighted by molar-refractivity contribution is -0.133. The molecule has 1 rings (SSSR count). The lowest BCUT2D eigenvalue weighted by atomic mass is 10.0. The van der Waals surface area contributed by atoms with Gasteiger partial charge in [0.1, 0.15) is 6.10 Å². The molecule has 2 unspecified atom stereocenters. The normalized spacial score (nSPS) is 21.9. The van der Waals surface area contributed by atoms with Crippen LogP contribution in [0.3, 0.4) is 0 Å². The molecule has 0 aliphatic carbocycles. The summed E-state index contributed by atoms with van der Waals surface area (Å²) in [5.41, 5.74) is -0.149. The van der Waals surface area contributed by atoms with Crippen LogP contribution in [0.4, 0.5) is 0 Å². The van der Waals surface area contributed by atoms with Crippen LogP contribution in [0.1, 0.15) is 47.0 Å². The molecule has 0 bridgehead atoms. The third-order valence-corrected chi connectivity index (χ3v) is 3.77. The second kappa shape index (κ2) is 7.10. The zero-order chi connectivity index (χ0) is 13.6. The standard InChI is InChI=1S/C14H28N2O2/c1-5-14(3,4)16-13(17)11(2)18-9-7-12-6-8-15-10-12/h11-12,15H,5-10H2,1-4H3,(H,16,17). The Hall–Kier alpha value is -0.610. The minimum Gasteiger partial charge on any atom is -0.369 e. The van der Waals surface area contributed by atoms with Gasteiger partial charge in [-0.2, -0.15) is 0 Å². The van der Waals surface area contributed by atoms with Crippen LogP contribution in [-0.2, 0) is 9.53 Å². The first kappa shape index (κ1) is 15.4. The highest BCUT2D eigenvalue weighted by atomic mass is 16.5. The van der Waals surface area contributed by atoms with Crippen molar-refractivity contribution in [2.24, 2.45) is 5.92 Å². The van der Waals surface area contributed by atoms with Crippen molar-refractivity contribution in [1.29, 1.82) is 0 Å². The van der Waals surface area contributed by atoms with Gasteiger partial charge in [-0.1, -0.05) is 6.92 Å². The van der Waals surface area contributed by atoms with E-state index in [0.717, 1.165) is 25.9 Å². The zero-order valence-electron chi connectivity index (χ0n) is 12.2. The first-order valence-corrected chi connectivity index (χ1v) is 7.09. The van der Waals surface area contributed by atoms with Crippen LogP contribution in [0, 0.1) is 5.92 Å². The van der Waals surface area contributed by atoms with Gasteiger partial charge in [0, 0.05) is 12.1 Å². The van der Waals surface area contributed by atoms with E-state index in [1.165, 1.54) is 6.42 Å². The van der Waals surface area contributed by atoms with Crippen LogP contribution >= 0.6 is 0 Å². The molecule has 0 aromatic carbocycles. The van der Waals surface area contributed by atoms with Crippen LogP contribution in [0.15, 0.2) is 0 Å². The highest BCUT2D eigenvalue weighted by molar-refractivity contribution is 5.81. The second-order valence-electron chi connectivity index (χ2n) is 5.89. The number of hydrogen-bond donors (Lipinski definition) is 2. The first-order chi connectivity index (χ1) is 8.44. The molecule has 0 spiro atoms. The van der Waals surface area contributed by atoms with Gasteiger partial charge in [0.2, 0.25) is 5.91 Å². The summed E-state index contributed by atoms with van der Waals surface area (Å²) >= 11 is 0. The smallest absolute Gasteiger partial charge is 0.249 e. The van der Waals surface area contributed by atoms with Gasteiger partial charge in [-0.25, -0.2) is 0 Å². The minimum atomic E-state index is -0.356. The Balaban J connectivity index is 2.18. The van der Waals surface area contributed by atoms with E-state index in [1.807, 2.05) is 20.8 Å². The molecule has 0 aromatic heterocycles. The third kappa shape index (κ3) is 5.36. The van der Waals surface area contributed by atoms with Crippen molar-refractivity contribution in [3.8, 4) is 0 Å². The number of rotatable bonds is 7. The average molecular weight is 256 g/mol. The molecule has 1 heterocycles. The highest BCUT2D eigenvalue weighted by Gasteiger charge is 2.22. The third-order valence-electron chi connectivity index (χ3n) is 3.77. The molecule has 2 atom stereocenters. The highest BCUT2D eigenvalue weighted by Crippen LogP contribution is 2.13. The van der Waals surface area contributed by atoms with Gasteiger partial charge >= 0.3 is 0 Å². The molecule has 1 saturated heterocycles. The van der Waals surface area contributed by atoms with E-state index < -0.39 is 0 Å². The topological polar surface area (TPSA) is 50.4 Å². The molecule has 1 aliphatic rings. The summed E-state index contributed by atoms with van der Waals surface area (Å²) in [6.45, 7) is 10.8. The van der Waals surface area contributed by atoms with E-state index in [4.69, 9.17) is 4.74 Å². The van der Waals surface area contributed by atoms with Gasteiger partial charge in [0.25, 0.3) is 0 Å². The monoisotopic (exact) mass is 256 g/mol. The fraction of sp³-hybridized carbons (Fsp3) is 0.929. The maximum absolute atomic E-state index is 11.9. The van der Waals surface area contributed by atoms with Crippen molar-refractivity contribution < 1.29 is 9.53 Å². The molecule has 18 heavy (non-hydrogen) atoms. The van der Waals surface area contributed by atoms with E-state index in [-0.39, 0.29) is 17.6 Å².